The van der Waals surface area contributed by atoms with Gasteiger partial charge in [0.1, 0.15) is 0 Å². The fourth-order valence-corrected chi connectivity index (χ4v) is 2.37. The predicted molar refractivity (Wildman–Crippen MR) is 56.4 cm³/mol. The topological polar surface area (TPSA) is 66.4 Å². The van der Waals surface area contributed by atoms with E-state index in [9.17, 15) is 9.59 Å². The first-order chi connectivity index (χ1) is 7.02. The summed E-state index contributed by atoms with van der Waals surface area (Å²) in [7, 11) is 0. The number of nitrogens with one attached hydrogen (secondary N) is 1. The molecule has 1 amide bonds. The number of hydrogen-bond acceptors (Lipinski definition) is 2. The number of rotatable bonds is 2. The van der Waals surface area contributed by atoms with Crippen LogP contribution >= 0.6 is 0 Å². The minimum atomic E-state index is -1.39. The molecule has 0 heterocycles. The third-order valence-electron chi connectivity index (χ3n) is 3.19. The van der Waals surface area contributed by atoms with Crippen molar-refractivity contribution in [2.45, 2.75) is 45.6 Å². The van der Waals surface area contributed by atoms with Gasteiger partial charge < -0.3 is 10.4 Å². The largest absolute Gasteiger partial charge is 0.474 e. The van der Waals surface area contributed by atoms with Gasteiger partial charge in [-0.1, -0.05) is 26.7 Å². The highest BCUT2D eigenvalue weighted by Crippen LogP contribution is 2.30. The lowest BCUT2D eigenvalue weighted by molar-refractivity contribution is -0.150. The average molecular weight is 213 g/mol. The van der Waals surface area contributed by atoms with Crippen LogP contribution in [0.4, 0.5) is 0 Å². The second-order valence-electron chi connectivity index (χ2n) is 4.58. The Balaban J connectivity index is 2.57. The normalized spacial score (nSPS) is 26.3. The predicted octanol–water partition coefficient (Wildman–Crippen LogP) is 1.40. The van der Waals surface area contributed by atoms with Crippen molar-refractivity contribution >= 4 is 11.9 Å². The number of amides is 1. The Morgan fingerprint density at radius 3 is 2.40 bits per heavy atom. The third-order valence-corrected chi connectivity index (χ3v) is 3.19. The molecule has 0 spiro atoms. The molecule has 0 aromatic heterocycles. The summed E-state index contributed by atoms with van der Waals surface area (Å²) < 4.78 is 0. The van der Waals surface area contributed by atoms with E-state index in [0.717, 1.165) is 19.3 Å². The van der Waals surface area contributed by atoms with Crippen LogP contribution in [0.2, 0.25) is 0 Å². The van der Waals surface area contributed by atoms with E-state index < -0.39 is 11.9 Å². The molecule has 1 saturated carbocycles. The Morgan fingerprint density at radius 1 is 1.27 bits per heavy atom. The van der Waals surface area contributed by atoms with Gasteiger partial charge in [0.25, 0.3) is 0 Å². The quantitative estimate of drug-likeness (QED) is 0.681. The molecule has 15 heavy (non-hydrogen) atoms. The van der Waals surface area contributed by atoms with Gasteiger partial charge in [0.05, 0.1) is 0 Å². The van der Waals surface area contributed by atoms with Crippen LogP contribution < -0.4 is 5.32 Å². The van der Waals surface area contributed by atoms with E-state index in [-0.39, 0.29) is 6.04 Å². The summed E-state index contributed by atoms with van der Waals surface area (Å²) in [4.78, 5) is 21.5. The van der Waals surface area contributed by atoms with Crippen molar-refractivity contribution < 1.29 is 14.7 Å². The van der Waals surface area contributed by atoms with Crippen LogP contribution in [0.1, 0.15) is 39.5 Å². The Hall–Kier alpha value is -1.06. The minimum absolute atomic E-state index is 0.0438. The van der Waals surface area contributed by atoms with Gasteiger partial charge in [-0.3, -0.25) is 4.79 Å². The molecule has 2 unspecified atom stereocenters. The van der Waals surface area contributed by atoms with Gasteiger partial charge in [-0.2, -0.15) is 0 Å². The molecule has 0 bridgehead atoms. The van der Waals surface area contributed by atoms with Crippen LogP contribution in [0.3, 0.4) is 0 Å². The fraction of sp³-hybridized carbons (Fsp3) is 0.818. The van der Waals surface area contributed by atoms with Gasteiger partial charge in [-0.25, -0.2) is 4.79 Å². The second kappa shape index (κ2) is 5.14. The summed E-state index contributed by atoms with van der Waals surface area (Å²) in [5, 5.41) is 11.1. The Morgan fingerprint density at radius 2 is 1.87 bits per heavy atom. The van der Waals surface area contributed by atoms with E-state index in [1.807, 2.05) is 0 Å². The highest BCUT2D eigenvalue weighted by Gasteiger charge is 2.29. The maximum atomic E-state index is 11.1. The molecule has 1 aliphatic rings. The number of carbonyl (C=O) groups excluding carboxylic acids is 1. The van der Waals surface area contributed by atoms with Crippen molar-refractivity contribution in [2.75, 3.05) is 0 Å². The van der Waals surface area contributed by atoms with Gasteiger partial charge in [0, 0.05) is 6.04 Å². The average Bonchev–Trinajstić information content (AvgIpc) is 2.18. The lowest BCUT2D eigenvalue weighted by Crippen LogP contribution is -2.46. The molecule has 2 atom stereocenters. The monoisotopic (exact) mass is 213 g/mol. The maximum absolute atomic E-state index is 11.1. The number of hydrogen-bond donors (Lipinski definition) is 2. The first-order valence-corrected chi connectivity index (χ1v) is 5.56. The highest BCUT2D eigenvalue weighted by atomic mass is 16.4. The summed E-state index contributed by atoms with van der Waals surface area (Å²) in [6.07, 6.45) is 4.25. The molecule has 0 aliphatic heterocycles. The molecule has 1 aliphatic carbocycles. The first-order valence-electron chi connectivity index (χ1n) is 5.56. The minimum Gasteiger partial charge on any atom is -0.474 e. The zero-order valence-electron chi connectivity index (χ0n) is 9.32. The summed E-state index contributed by atoms with van der Waals surface area (Å²) in [6, 6.07) is 0.0438. The van der Waals surface area contributed by atoms with Crippen LogP contribution in [0, 0.1) is 11.8 Å². The van der Waals surface area contributed by atoms with Gasteiger partial charge in [-0.15, -0.1) is 0 Å². The second-order valence-corrected chi connectivity index (χ2v) is 4.58. The first kappa shape index (κ1) is 12.0. The van der Waals surface area contributed by atoms with Gasteiger partial charge >= 0.3 is 11.9 Å². The van der Waals surface area contributed by atoms with Gasteiger partial charge in [0.15, 0.2) is 0 Å². The van der Waals surface area contributed by atoms with Crippen LogP contribution in [0.5, 0.6) is 0 Å². The molecule has 86 valence electrons. The summed E-state index contributed by atoms with van der Waals surface area (Å²) >= 11 is 0. The molecule has 0 saturated heterocycles. The van der Waals surface area contributed by atoms with Crippen molar-refractivity contribution in [3.8, 4) is 0 Å². The van der Waals surface area contributed by atoms with Crippen molar-refractivity contribution in [1.29, 1.82) is 0 Å². The Labute approximate surface area is 90.0 Å². The summed E-state index contributed by atoms with van der Waals surface area (Å²) in [5.74, 6) is -1.35. The Kier molecular flexibility index (Phi) is 4.12. The molecule has 1 fully saturated rings. The number of carboxylic acids is 1. The van der Waals surface area contributed by atoms with Crippen LogP contribution in [0.25, 0.3) is 0 Å². The Bertz CT molecular complexity index is 250. The van der Waals surface area contributed by atoms with E-state index in [1.165, 1.54) is 6.42 Å². The van der Waals surface area contributed by atoms with Crippen LogP contribution in [-0.2, 0) is 9.59 Å². The molecule has 0 aromatic carbocycles. The van der Waals surface area contributed by atoms with Crippen molar-refractivity contribution in [1.82, 2.24) is 5.32 Å². The van der Waals surface area contributed by atoms with Crippen molar-refractivity contribution in [2.24, 2.45) is 11.8 Å². The van der Waals surface area contributed by atoms with Crippen molar-refractivity contribution in [3.05, 3.63) is 0 Å². The third kappa shape index (κ3) is 3.22. The molecule has 0 radical (unpaired) electrons. The van der Waals surface area contributed by atoms with E-state index in [4.69, 9.17) is 5.11 Å². The van der Waals surface area contributed by atoms with E-state index in [2.05, 4.69) is 19.2 Å². The number of aliphatic carboxylic acids is 1. The van der Waals surface area contributed by atoms with Crippen LogP contribution in [0.15, 0.2) is 0 Å². The molecular weight excluding hydrogens is 194 g/mol. The van der Waals surface area contributed by atoms with Crippen molar-refractivity contribution in [3.63, 3.8) is 0 Å². The fourth-order valence-electron chi connectivity index (χ4n) is 2.37. The number of carboxylic acid groups (broad SMARTS) is 1. The van der Waals surface area contributed by atoms with Crippen LogP contribution in [-0.4, -0.2) is 23.0 Å². The molecular formula is C11H19NO3. The number of carbonyl (C=O) groups is 2. The molecule has 0 aromatic rings. The van der Waals surface area contributed by atoms with E-state index >= 15 is 0 Å². The van der Waals surface area contributed by atoms with Gasteiger partial charge in [-0.05, 0) is 24.7 Å². The zero-order valence-corrected chi connectivity index (χ0v) is 9.32. The lowest BCUT2D eigenvalue weighted by Gasteiger charge is -2.34. The summed E-state index contributed by atoms with van der Waals surface area (Å²) in [6.45, 7) is 4.24. The van der Waals surface area contributed by atoms with E-state index in [1.54, 1.807) is 0 Å². The maximum Gasteiger partial charge on any atom is 0.394 e. The standard InChI is InChI=1S/C11H19NO3/c1-7(2)8-5-3-4-6-9(8)12-10(13)11(14)15/h7-9H,3-6H2,1-2H3,(H,12,13)(H,14,15). The van der Waals surface area contributed by atoms with E-state index in [0.29, 0.717) is 11.8 Å². The van der Waals surface area contributed by atoms with Gasteiger partial charge in [0.2, 0.25) is 0 Å². The summed E-state index contributed by atoms with van der Waals surface area (Å²) in [5.41, 5.74) is 0. The molecule has 4 nitrogen and oxygen atoms in total. The molecule has 2 N–H and O–H groups in total. The SMILES string of the molecule is CC(C)C1CCCCC1NC(=O)C(=O)O. The smallest absolute Gasteiger partial charge is 0.394 e. The molecule has 4 heteroatoms. The highest BCUT2D eigenvalue weighted by molar-refractivity contribution is 6.31. The zero-order chi connectivity index (χ0) is 11.4. The molecule has 1 rings (SSSR count). The lowest BCUT2D eigenvalue weighted by atomic mass is 9.78.